The number of likely N-dealkylation sites (tertiary alicyclic amines) is 1. The summed E-state index contributed by atoms with van der Waals surface area (Å²) < 4.78 is 13.0. The first-order valence-corrected chi connectivity index (χ1v) is 10.2. The number of nitrogens with one attached hydrogen (secondary N) is 3. The predicted molar refractivity (Wildman–Crippen MR) is 111 cm³/mol. The third-order valence-corrected chi connectivity index (χ3v) is 5.26. The number of halogens is 1. The number of carbonyl (C=O) groups excluding carboxylic acids is 3. The topological polar surface area (TPSA) is 169 Å². The fourth-order valence-electron chi connectivity index (χ4n) is 3.69. The summed E-state index contributed by atoms with van der Waals surface area (Å²) >= 11 is 0. The van der Waals surface area contributed by atoms with Crippen LogP contribution in [0.4, 0.5) is 9.18 Å². The molecule has 3 amide bonds. The first kappa shape index (κ1) is 26.1. The molecule has 1 aliphatic rings. The summed E-state index contributed by atoms with van der Waals surface area (Å²) in [4.78, 5) is 51.5. The van der Waals surface area contributed by atoms with Gasteiger partial charge in [0.25, 0.3) is 0 Å². The maximum absolute atomic E-state index is 13.1. The lowest BCUT2D eigenvalue weighted by molar-refractivity contribution is -0.143. The van der Waals surface area contributed by atoms with Crippen LogP contribution in [0.25, 0.3) is 0 Å². The SMILES string of the molecule is CC(C)[C@@H](C(=O)N1CCC[C@H]1C(=O)N[C@@H](CCCNC(=N)N)C(=O)CF)N(C)C(=O)O. The van der Waals surface area contributed by atoms with Crippen LogP contribution in [0.1, 0.15) is 39.5 Å². The van der Waals surface area contributed by atoms with Gasteiger partial charge in [0.1, 0.15) is 18.8 Å². The minimum atomic E-state index is -1.25. The van der Waals surface area contributed by atoms with Gasteiger partial charge in [0.05, 0.1) is 6.04 Å². The summed E-state index contributed by atoms with van der Waals surface area (Å²) in [5.41, 5.74) is 5.19. The number of nitrogens with two attached hydrogens (primary N) is 1. The average molecular weight is 445 g/mol. The lowest BCUT2D eigenvalue weighted by Crippen LogP contribution is -2.56. The molecule has 1 saturated heterocycles. The highest BCUT2D eigenvalue weighted by Gasteiger charge is 2.41. The number of hydrogen-bond acceptors (Lipinski definition) is 5. The van der Waals surface area contributed by atoms with E-state index in [9.17, 15) is 28.7 Å². The van der Waals surface area contributed by atoms with Crippen molar-refractivity contribution in [1.29, 1.82) is 5.41 Å². The first-order valence-electron chi connectivity index (χ1n) is 10.2. The van der Waals surface area contributed by atoms with E-state index in [4.69, 9.17) is 11.1 Å². The van der Waals surface area contributed by atoms with Gasteiger partial charge in [-0.15, -0.1) is 0 Å². The maximum Gasteiger partial charge on any atom is 0.407 e. The number of rotatable bonds is 11. The van der Waals surface area contributed by atoms with Crippen LogP contribution >= 0.6 is 0 Å². The van der Waals surface area contributed by atoms with Gasteiger partial charge >= 0.3 is 6.09 Å². The monoisotopic (exact) mass is 444 g/mol. The molecule has 1 heterocycles. The van der Waals surface area contributed by atoms with E-state index < -0.39 is 48.5 Å². The Balaban J connectivity index is 2.88. The fourth-order valence-corrected chi connectivity index (χ4v) is 3.69. The Morgan fingerprint density at radius 3 is 2.48 bits per heavy atom. The van der Waals surface area contributed by atoms with Crippen molar-refractivity contribution in [2.75, 3.05) is 26.8 Å². The van der Waals surface area contributed by atoms with Crippen LogP contribution in [0.15, 0.2) is 0 Å². The molecule has 1 aliphatic heterocycles. The zero-order valence-corrected chi connectivity index (χ0v) is 18.2. The molecule has 0 aliphatic carbocycles. The van der Waals surface area contributed by atoms with E-state index in [2.05, 4.69) is 10.6 Å². The Kier molecular flexibility index (Phi) is 10.2. The molecule has 0 aromatic carbocycles. The third kappa shape index (κ3) is 7.37. The molecule has 0 aromatic heterocycles. The molecule has 1 rings (SSSR count). The van der Waals surface area contributed by atoms with Gasteiger partial charge in [0.15, 0.2) is 11.7 Å². The van der Waals surface area contributed by atoms with Crippen molar-refractivity contribution in [1.82, 2.24) is 20.4 Å². The van der Waals surface area contributed by atoms with Gasteiger partial charge in [0, 0.05) is 20.1 Å². The Labute approximate surface area is 181 Å². The van der Waals surface area contributed by atoms with Gasteiger partial charge in [-0.2, -0.15) is 0 Å². The Hall–Kier alpha value is -2.92. The van der Waals surface area contributed by atoms with Crippen LogP contribution in [0, 0.1) is 11.3 Å². The Morgan fingerprint density at radius 2 is 1.97 bits per heavy atom. The second-order valence-electron chi connectivity index (χ2n) is 7.92. The van der Waals surface area contributed by atoms with Crippen molar-refractivity contribution < 1.29 is 28.7 Å². The lowest BCUT2D eigenvalue weighted by Gasteiger charge is -2.34. The summed E-state index contributed by atoms with van der Waals surface area (Å²) in [6, 6.07) is -2.88. The Morgan fingerprint density at radius 1 is 1.32 bits per heavy atom. The van der Waals surface area contributed by atoms with Gasteiger partial charge in [-0.05, 0) is 31.6 Å². The van der Waals surface area contributed by atoms with Crippen LogP contribution in [-0.4, -0.2) is 89.5 Å². The largest absolute Gasteiger partial charge is 0.465 e. The molecule has 0 aromatic rings. The number of hydrogen-bond donors (Lipinski definition) is 5. The molecule has 31 heavy (non-hydrogen) atoms. The molecule has 12 heteroatoms. The zero-order valence-electron chi connectivity index (χ0n) is 18.2. The van der Waals surface area contributed by atoms with Gasteiger partial charge in [-0.3, -0.25) is 24.7 Å². The average Bonchev–Trinajstić information content (AvgIpc) is 3.19. The van der Waals surface area contributed by atoms with E-state index >= 15 is 0 Å². The number of alkyl halides is 1. The predicted octanol–water partition coefficient (Wildman–Crippen LogP) is -0.102. The molecule has 3 atom stereocenters. The Bertz CT molecular complexity index is 689. The highest BCUT2D eigenvalue weighted by atomic mass is 19.1. The van der Waals surface area contributed by atoms with Crippen molar-refractivity contribution in [3.8, 4) is 0 Å². The third-order valence-electron chi connectivity index (χ3n) is 5.26. The van der Waals surface area contributed by atoms with Gasteiger partial charge in [-0.25, -0.2) is 9.18 Å². The van der Waals surface area contributed by atoms with E-state index in [0.29, 0.717) is 19.3 Å². The fraction of sp³-hybridized carbons (Fsp3) is 0.737. The quantitative estimate of drug-likeness (QED) is 0.168. The van der Waals surface area contributed by atoms with Crippen molar-refractivity contribution >= 4 is 29.7 Å². The molecule has 0 saturated carbocycles. The number of ketones is 1. The standard InChI is InChI=1S/C19H33FN6O5/c1-11(2)15(25(3)19(30)31)17(29)26-9-5-7-13(26)16(28)24-12(14(27)10-20)6-4-8-23-18(21)22/h11-13,15H,4-10H2,1-3H3,(H,24,28)(H,30,31)(H4,21,22,23)/t12-,13-,15-/m0/s1. The van der Waals surface area contributed by atoms with E-state index in [1.54, 1.807) is 13.8 Å². The molecule has 0 unspecified atom stereocenters. The summed E-state index contributed by atoms with van der Waals surface area (Å²) in [6.45, 7) is 2.78. The smallest absolute Gasteiger partial charge is 0.407 e. The number of amides is 3. The number of carbonyl (C=O) groups is 4. The van der Waals surface area contributed by atoms with E-state index in [1.165, 1.54) is 11.9 Å². The lowest BCUT2D eigenvalue weighted by atomic mass is 10.0. The van der Waals surface area contributed by atoms with E-state index in [-0.39, 0.29) is 31.4 Å². The van der Waals surface area contributed by atoms with Crippen LogP contribution in [0.5, 0.6) is 0 Å². The number of guanidine groups is 1. The number of carboxylic acid groups (broad SMARTS) is 1. The molecule has 176 valence electrons. The highest BCUT2D eigenvalue weighted by Crippen LogP contribution is 2.23. The molecule has 1 fully saturated rings. The molecular formula is C19H33FN6O5. The summed E-state index contributed by atoms with van der Waals surface area (Å²) in [5.74, 6) is -2.37. The minimum Gasteiger partial charge on any atom is -0.465 e. The summed E-state index contributed by atoms with van der Waals surface area (Å²) in [5, 5.41) is 21.5. The normalized spacial score (nSPS) is 17.7. The molecule has 11 nitrogen and oxygen atoms in total. The minimum absolute atomic E-state index is 0.145. The second-order valence-corrected chi connectivity index (χ2v) is 7.92. The van der Waals surface area contributed by atoms with Gasteiger partial charge in [0.2, 0.25) is 11.8 Å². The van der Waals surface area contributed by atoms with Crippen molar-refractivity contribution in [2.24, 2.45) is 11.7 Å². The number of likely N-dealkylation sites (N-methyl/N-ethyl adjacent to an activating group) is 1. The number of nitrogens with zero attached hydrogens (tertiary/aromatic N) is 2. The van der Waals surface area contributed by atoms with E-state index in [1.807, 2.05) is 0 Å². The molecule has 0 spiro atoms. The van der Waals surface area contributed by atoms with Gasteiger partial charge < -0.3 is 26.4 Å². The molecular weight excluding hydrogens is 411 g/mol. The zero-order chi connectivity index (χ0) is 23.7. The van der Waals surface area contributed by atoms with Crippen molar-refractivity contribution in [3.05, 3.63) is 0 Å². The summed E-state index contributed by atoms with van der Waals surface area (Å²) in [7, 11) is 1.31. The van der Waals surface area contributed by atoms with Gasteiger partial charge in [-0.1, -0.05) is 13.8 Å². The van der Waals surface area contributed by atoms with Crippen LogP contribution < -0.4 is 16.4 Å². The maximum atomic E-state index is 13.1. The second kappa shape index (κ2) is 12.1. The molecule has 6 N–H and O–H groups in total. The highest BCUT2D eigenvalue weighted by molar-refractivity contribution is 5.95. The molecule has 0 bridgehead atoms. The molecule has 0 radical (unpaired) electrons. The number of Topliss-reactive ketones (excluding diaryl/α,β-unsaturated/α-hetero) is 1. The van der Waals surface area contributed by atoms with Crippen molar-refractivity contribution in [2.45, 2.75) is 57.7 Å². The van der Waals surface area contributed by atoms with Crippen LogP contribution in [0.2, 0.25) is 0 Å². The summed E-state index contributed by atoms with van der Waals surface area (Å²) in [6.07, 6.45) is 0.172. The van der Waals surface area contributed by atoms with Crippen LogP contribution in [0.3, 0.4) is 0 Å². The van der Waals surface area contributed by atoms with Crippen LogP contribution in [-0.2, 0) is 14.4 Å². The van der Waals surface area contributed by atoms with Crippen molar-refractivity contribution in [3.63, 3.8) is 0 Å². The first-order chi connectivity index (χ1) is 14.5. The van der Waals surface area contributed by atoms with E-state index in [0.717, 1.165) is 4.90 Å².